The maximum Gasteiger partial charge on any atom is 0.354 e. The standard InChI is InChI=1S/C23H20N6O4/c1-14-11-12-15-17(26-14)8-6-9-18(15)27-21-20(29(31)32)22(25-13-24-21)28(2)19-10-5-4-7-16(19)23(30)33-3/h4-13H,1-3H3,(H,24,25,27). The van der Waals surface area contributed by atoms with E-state index >= 15 is 0 Å². The number of rotatable bonds is 6. The molecule has 0 bridgehead atoms. The predicted octanol–water partition coefficient (Wildman–Crippen LogP) is 4.54. The number of aryl methyl sites for hydroxylation is 1. The number of esters is 1. The zero-order valence-electron chi connectivity index (χ0n) is 18.1. The van der Waals surface area contributed by atoms with Crippen LogP contribution in [-0.2, 0) is 4.74 Å². The van der Waals surface area contributed by atoms with Crippen molar-refractivity contribution >= 4 is 45.6 Å². The third kappa shape index (κ3) is 4.13. The van der Waals surface area contributed by atoms with E-state index in [1.165, 1.54) is 18.3 Å². The Balaban J connectivity index is 1.82. The summed E-state index contributed by atoms with van der Waals surface area (Å²) < 4.78 is 4.84. The van der Waals surface area contributed by atoms with Gasteiger partial charge in [-0.05, 0) is 43.3 Å². The molecule has 1 N–H and O–H groups in total. The zero-order valence-corrected chi connectivity index (χ0v) is 18.1. The molecule has 2 heterocycles. The number of hydrogen-bond donors (Lipinski definition) is 1. The topological polar surface area (TPSA) is 123 Å². The van der Waals surface area contributed by atoms with Crippen LogP contribution in [0.1, 0.15) is 16.1 Å². The lowest BCUT2D eigenvalue weighted by molar-refractivity contribution is -0.383. The SMILES string of the molecule is COC(=O)c1ccccc1N(C)c1ncnc(Nc2cccc3nc(C)ccc23)c1[N+](=O)[O-]. The van der Waals surface area contributed by atoms with Gasteiger partial charge in [0.1, 0.15) is 6.33 Å². The number of methoxy groups -OCH3 is 1. The Morgan fingerprint density at radius 2 is 1.88 bits per heavy atom. The highest BCUT2D eigenvalue weighted by molar-refractivity contribution is 5.98. The molecule has 4 aromatic rings. The average Bonchev–Trinajstić information content (AvgIpc) is 2.82. The average molecular weight is 444 g/mol. The number of hydrogen-bond acceptors (Lipinski definition) is 9. The molecule has 0 aliphatic carbocycles. The van der Waals surface area contributed by atoms with Gasteiger partial charge in [-0.25, -0.2) is 14.8 Å². The molecule has 10 heteroatoms. The molecule has 0 aliphatic rings. The third-order valence-electron chi connectivity index (χ3n) is 5.10. The lowest BCUT2D eigenvalue weighted by atomic mass is 10.1. The number of ether oxygens (including phenoxy) is 1. The van der Waals surface area contributed by atoms with Gasteiger partial charge in [-0.3, -0.25) is 15.1 Å². The van der Waals surface area contributed by atoms with Crippen molar-refractivity contribution in [1.29, 1.82) is 0 Å². The van der Waals surface area contributed by atoms with Crippen molar-refractivity contribution < 1.29 is 14.5 Å². The first kappa shape index (κ1) is 21.6. The van der Waals surface area contributed by atoms with Crippen LogP contribution in [0.25, 0.3) is 10.9 Å². The molecule has 0 saturated heterocycles. The van der Waals surface area contributed by atoms with E-state index in [4.69, 9.17) is 4.74 Å². The number of para-hydroxylation sites is 1. The number of nitrogens with one attached hydrogen (secondary N) is 1. The summed E-state index contributed by atoms with van der Waals surface area (Å²) in [7, 11) is 2.86. The quantitative estimate of drug-likeness (QED) is 0.259. The van der Waals surface area contributed by atoms with Gasteiger partial charge >= 0.3 is 11.7 Å². The Morgan fingerprint density at radius 1 is 1.09 bits per heavy atom. The summed E-state index contributed by atoms with van der Waals surface area (Å²) in [5.74, 6) is -0.533. The van der Waals surface area contributed by atoms with Crippen LogP contribution in [0.15, 0.2) is 60.9 Å². The van der Waals surface area contributed by atoms with Gasteiger partial charge in [0.2, 0.25) is 11.6 Å². The largest absolute Gasteiger partial charge is 0.465 e. The second-order valence-corrected chi connectivity index (χ2v) is 7.17. The number of nitrogens with zero attached hydrogens (tertiary/aromatic N) is 5. The molecular formula is C23H20N6O4. The number of fused-ring (bicyclic) bond motifs is 1. The molecule has 10 nitrogen and oxygen atoms in total. The maximum atomic E-state index is 12.2. The van der Waals surface area contributed by atoms with Crippen LogP contribution in [-0.4, -0.2) is 40.0 Å². The van der Waals surface area contributed by atoms with Gasteiger partial charge in [-0.15, -0.1) is 0 Å². The predicted molar refractivity (Wildman–Crippen MR) is 124 cm³/mol. The molecule has 2 aromatic heterocycles. The van der Waals surface area contributed by atoms with Crippen LogP contribution >= 0.6 is 0 Å². The second-order valence-electron chi connectivity index (χ2n) is 7.17. The fourth-order valence-corrected chi connectivity index (χ4v) is 3.53. The summed E-state index contributed by atoms with van der Waals surface area (Å²) in [4.78, 5) is 38.0. The first-order chi connectivity index (χ1) is 15.9. The lowest BCUT2D eigenvalue weighted by Gasteiger charge is -2.21. The number of anilines is 4. The van der Waals surface area contributed by atoms with E-state index in [9.17, 15) is 14.9 Å². The smallest absolute Gasteiger partial charge is 0.354 e. The molecule has 0 saturated carbocycles. The minimum Gasteiger partial charge on any atom is -0.465 e. The number of pyridine rings is 1. The molecule has 0 amide bonds. The van der Waals surface area contributed by atoms with Crippen LogP contribution in [0.4, 0.5) is 28.7 Å². The van der Waals surface area contributed by atoms with Crippen molar-refractivity contribution in [2.24, 2.45) is 0 Å². The Labute approximate surface area is 189 Å². The van der Waals surface area contributed by atoms with Crippen molar-refractivity contribution in [3.8, 4) is 0 Å². The first-order valence-corrected chi connectivity index (χ1v) is 9.94. The molecule has 2 aromatic carbocycles. The van der Waals surface area contributed by atoms with Crippen molar-refractivity contribution in [3.63, 3.8) is 0 Å². The van der Waals surface area contributed by atoms with E-state index in [1.54, 1.807) is 37.4 Å². The van der Waals surface area contributed by atoms with Crippen LogP contribution in [0.2, 0.25) is 0 Å². The Hall–Kier alpha value is -4.60. The highest BCUT2D eigenvalue weighted by atomic mass is 16.6. The minimum absolute atomic E-state index is 0.0143. The van der Waals surface area contributed by atoms with Gasteiger partial charge in [0.15, 0.2) is 0 Å². The lowest BCUT2D eigenvalue weighted by Crippen LogP contribution is -2.18. The van der Waals surface area contributed by atoms with Crippen molar-refractivity contribution in [3.05, 3.63) is 82.3 Å². The first-order valence-electron chi connectivity index (χ1n) is 9.94. The van der Waals surface area contributed by atoms with Crippen molar-refractivity contribution in [2.45, 2.75) is 6.92 Å². The zero-order chi connectivity index (χ0) is 23.5. The molecule has 0 unspecified atom stereocenters. The van der Waals surface area contributed by atoms with E-state index in [0.29, 0.717) is 11.4 Å². The molecule has 166 valence electrons. The molecule has 0 radical (unpaired) electrons. The fourth-order valence-electron chi connectivity index (χ4n) is 3.53. The second kappa shape index (κ2) is 8.87. The number of carbonyl (C=O) groups excluding carboxylic acids is 1. The third-order valence-corrected chi connectivity index (χ3v) is 5.10. The minimum atomic E-state index is -0.564. The van der Waals surface area contributed by atoms with E-state index in [2.05, 4.69) is 20.3 Å². The molecule has 0 spiro atoms. The molecule has 0 aliphatic heterocycles. The maximum absolute atomic E-state index is 12.2. The molecule has 0 atom stereocenters. The number of aromatic nitrogens is 3. The van der Waals surface area contributed by atoms with Gasteiger partial charge in [0.05, 0.1) is 28.8 Å². The Morgan fingerprint density at radius 3 is 2.64 bits per heavy atom. The van der Waals surface area contributed by atoms with E-state index in [-0.39, 0.29) is 22.9 Å². The number of nitro groups is 1. The van der Waals surface area contributed by atoms with Gasteiger partial charge < -0.3 is 15.0 Å². The summed E-state index contributed by atoms with van der Waals surface area (Å²) in [5.41, 5.74) is 2.55. The van der Waals surface area contributed by atoms with Crippen molar-refractivity contribution in [2.75, 3.05) is 24.4 Å². The van der Waals surface area contributed by atoms with Gasteiger partial charge in [0, 0.05) is 23.8 Å². The van der Waals surface area contributed by atoms with Crippen LogP contribution in [0.3, 0.4) is 0 Å². The summed E-state index contributed by atoms with van der Waals surface area (Å²) in [6.45, 7) is 1.89. The summed E-state index contributed by atoms with van der Waals surface area (Å²) >= 11 is 0. The molecule has 33 heavy (non-hydrogen) atoms. The van der Waals surface area contributed by atoms with Gasteiger partial charge in [0.25, 0.3) is 0 Å². The van der Waals surface area contributed by atoms with E-state index < -0.39 is 10.9 Å². The van der Waals surface area contributed by atoms with Crippen LogP contribution in [0.5, 0.6) is 0 Å². The number of carbonyl (C=O) groups is 1. The normalized spacial score (nSPS) is 10.6. The highest BCUT2D eigenvalue weighted by Crippen LogP contribution is 2.38. The van der Waals surface area contributed by atoms with E-state index in [1.807, 2.05) is 31.2 Å². The summed E-state index contributed by atoms with van der Waals surface area (Å²) in [6.07, 6.45) is 1.23. The van der Waals surface area contributed by atoms with Crippen LogP contribution in [0, 0.1) is 17.0 Å². The van der Waals surface area contributed by atoms with E-state index in [0.717, 1.165) is 16.6 Å². The summed E-state index contributed by atoms with van der Waals surface area (Å²) in [5, 5.41) is 16.0. The van der Waals surface area contributed by atoms with Gasteiger partial charge in [-0.1, -0.05) is 18.2 Å². The molecular weight excluding hydrogens is 424 g/mol. The monoisotopic (exact) mass is 444 g/mol. The van der Waals surface area contributed by atoms with Gasteiger partial charge in [-0.2, -0.15) is 0 Å². The molecule has 4 rings (SSSR count). The fraction of sp³-hybridized carbons (Fsp3) is 0.130. The van der Waals surface area contributed by atoms with Crippen LogP contribution < -0.4 is 10.2 Å². The Bertz CT molecular complexity index is 1370. The summed E-state index contributed by atoms with van der Waals surface area (Å²) in [6, 6.07) is 15.9. The highest BCUT2D eigenvalue weighted by Gasteiger charge is 2.28. The number of benzene rings is 2. The molecule has 0 fully saturated rings. The van der Waals surface area contributed by atoms with Crippen molar-refractivity contribution in [1.82, 2.24) is 15.0 Å². The Kier molecular flexibility index (Phi) is 5.81.